The molecule has 3 aromatic rings. The van der Waals surface area contributed by atoms with E-state index in [1.165, 1.54) is 29.7 Å². The van der Waals surface area contributed by atoms with Crippen molar-refractivity contribution < 1.29 is 4.79 Å². The maximum Gasteiger partial charge on any atom is 0.275 e. The van der Waals surface area contributed by atoms with Gasteiger partial charge in [-0.3, -0.25) is 9.69 Å². The third-order valence-corrected chi connectivity index (χ3v) is 5.12. The normalized spacial score (nSPS) is 14.5. The zero-order valence-electron chi connectivity index (χ0n) is 14.3. The van der Waals surface area contributed by atoms with E-state index in [9.17, 15) is 4.79 Å². The maximum atomic E-state index is 12.5. The summed E-state index contributed by atoms with van der Waals surface area (Å²) >= 11 is 1.36. The predicted octanol–water partition coefficient (Wildman–Crippen LogP) is 3.45. The summed E-state index contributed by atoms with van der Waals surface area (Å²) in [6.07, 6.45) is 5.87. The average molecular weight is 365 g/mol. The number of nitrogens with zero attached hydrogens (tertiary/aromatic N) is 4. The lowest BCUT2D eigenvalue weighted by Crippen LogP contribution is -2.18. The lowest BCUT2D eigenvalue weighted by Gasteiger charge is -2.15. The van der Waals surface area contributed by atoms with Gasteiger partial charge >= 0.3 is 0 Å². The van der Waals surface area contributed by atoms with Gasteiger partial charge < -0.3 is 5.32 Å². The monoisotopic (exact) mass is 365 g/mol. The second-order valence-corrected chi connectivity index (χ2v) is 7.11. The molecule has 0 saturated carbocycles. The van der Waals surface area contributed by atoms with Gasteiger partial charge in [-0.05, 0) is 49.7 Å². The fourth-order valence-corrected chi connectivity index (χ4v) is 3.78. The van der Waals surface area contributed by atoms with Crippen LogP contribution >= 0.6 is 11.3 Å². The van der Waals surface area contributed by atoms with Gasteiger partial charge in [-0.15, -0.1) is 11.3 Å². The quantitative estimate of drug-likeness (QED) is 0.750. The number of nitrogens with one attached hydrogen (secondary N) is 1. The van der Waals surface area contributed by atoms with Crippen LogP contribution in [0.1, 0.15) is 28.9 Å². The Labute approximate surface area is 155 Å². The van der Waals surface area contributed by atoms with E-state index in [0.29, 0.717) is 16.5 Å². The smallest absolute Gasteiger partial charge is 0.275 e. The van der Waals surface area contributed by atoms with Crippen LogP contribution in [0.2, 0.25) is 0 Å². The number of hydrogen-bond donors (Lipinski definition) is 1. The molecule has 0 aliphatic carbocycles. The summed E-state index contributed by atoms with van der Waals surface area (Å²) in [5.41, 5.74) is 2.38. The molecule has 0 bridgehead atoms. The highest BCUT2D eigenvalue weighted by Crippen LogP contribution is 2.21. The van der Waals surface area contributed by atoms with Crippen molar-refractivity contribution >= 4 is 22.9 Å². The summed E-state index contributed by atoms with van der Waals surface area (Å²) in [6, 6.07) is 9.76. The van der Waals surface area contributed by atoms with Crippen molar-refractivity contribution in [2.45, 2.75) is 19.4 Å². The van der Waals surface area contributed by atoms with Gasteiger partial charge in [0.2, 0.25) is 0 Å². The first kappa shape index (κ1) is 16.8. The number of carbonyl (C=O) groups is 1. The Hall–Kier alpha value is -2.64. The minimum Gasteiger partial charge on any atom is -0.321 e. The number of hydrogen-bond acceptors (Lipinski definition) is 6. The van der Waals surface area contributed by atoms with Crippen molar-refractivity contribution in [3.8, 4) is 10.8 Å². The lowest BCUT2D eigenvalue weighted by molar-refractivity contribution is 0.102. The molecule has 1 aromatic carbocycles. The molecule has 1 fully saturated rings. The summed E-state index contributed by atoms with van der Waals surface area (Å²) in [4.78, 5) is 27.6. The van der Waals surface area contributed by atoms with E-state index in [4.69, 9.17) is 0 Å². The minimum atomic E-state index is -0.221. The van der Waals surface area contributed by atoms with E-state index in [1.807, 2.05) is 18.2 Å². The van der Waals surface area contributed by atoms with Gasteiger partial charge in [0.1, 0.15) is 5.69 Å². The molecule has 0 spiro atoms. The highest BCUT2D eigenvalue weighted by molar-refractivity contribution is 7.13. The highest BCUT2D eigenvalue weighted by Gasteiger charge is 2.15. The summed E-state index contributed by atoms with van der Waals surface area (Å²) in [7, 11) is 0. The van der Waals surface area contributed by atoms with Gasteiger partial charge in [-0.25, -0.2) is 15.0 Å². The SMILES string of the molecule is O=C(Nc1cccc(CN2CCCC2)c1)c1csc(-c2ncccn2)n1. The molecule has 132 valence electrons. The molecule has 1 N–H and O–H groups in total. The Kier molecular flexibility index (Phi) is 4.99. The van der Waals surface area contributed by atoms with Gasteiger partial charge in [0, 0.05) is 30.0 Å². The molecule has 1 aliphatic rings. The van der Waals surface area contributed by atoms with E-state index in [0.717, 1.165) is 25.3 Å². The Morgan fingerprint density at radius 2 is 1.96 bits per heavy atom. The van der Waals surface area contributed by atoms with Crippen molar-refractivity contribution in [3.63, 3.8) is 0 Å². The van der Waals surface area contributed by atoms with Gasteiger partial charge in [0.25, 0.3) is 5.91 Å². The van der Waals surface area contributed by atoms with E-state index in [1.54, 1.807) is 23.8 Å². The van der Waals surface area contributed by atoms with Crippen LogP contribution in [0.15, 0.2) is 48.1 Å². The van der Waals surface area contributed by atoms with Crippen molar-refractivity contribution in [1.29, 1.82) is 0 Å². The van der Waals surface area contributed by atoms with Crippen molar-refractivity contribution in [1.82, 2.24) is 19.9 Å². The number of aromatic nitrogens is 3. The lowest BCUT2D eigenvalue weighted by atomic mass is 10.2. The number of rotatable bonds is 5. The minimum absolute atomic E-state index is 0.221. The summed E-state index contributed by atoms with van der Waals surface area (Å²) in [5.74, 6) is 0.311. The molecule has 0 radical (unpaired) electrons. The molecule has 26 heavy (non-hydrogen) atoms. The molecule has 1 amide bonds. The fourth-order valence-electron chi connectivity index (χ4n) is 3.03. The first-order chi connectivity index (χ1) is 12.8. The number of amides is 1. The maximum absolute atomic E-state index is 12.5. The molecule has 0 atom stereocenters. The number of carbonyl (C=O) groups excluding carboxylic acids is 1. The Bertz CT molecular complexity index is 890. The molecule has 6 nitrogen and oxygen atoms in total. The Balaban J connectivity index is 1.44. The molecule has 2 aromatic heterocycles. The number of thiazole rings is 1. The molecular weight excluding hydrogens is 346 g/mol. The van der Waals surface area contributed by atoms with Crippen LogP contribution < -0.4 is 5.32 Å². The first-order valence-corrected chi connectivity index (χ1v) is 9.51. The number of likely N-dealkylation sites (tertiary alicyclic amines) is 1. The zero-order chi connectivity index (χ0) is 17.8. The first-order valence-electron chi connectivity index (χ1n) is 8.63. The van der Waals surface area contributed by atoms with Crippen LogP contribution in [0.25, 0.3) is 10.8 Å². The van der Waals surface area contributed by atoms with Gasteiger partial charge in [-0.1, -0.05) is 12.1 Å². The van der Waals surface area contributed by atoms with Crippen LogP contribution in [0.4, 0.5) is 5.69 Å². The van der Waals surface area contributed by atoms with Crippen LogP contribution in [0.3, 0.4) is 0 Å². The van der Waals surface area contributed by atoms with E-state index in [-0.39, 0.29) is 5.91 Å². The van der Waals surface area contributed by atoms with Crippen molar-refractivity contribution in [2.75, 3.05) is 18.4 Å². The Morgan fingerprint density at radius 3 is 2.77 bits per heavy atom. The van der Waals surface area contributed by atoms with Crippen LogP contribution in [0, 0.1) is 0 Å². The summed E-state index contributed by atoms with van der Waals surface area (Å²) in [6.45, 7) is 3.23. The van der Waals surface area contributed by atoms with Crippen LogP contribution in [-0.2, 0) is 6.54 Å². The number of benzene rings is 1. The third-order valence-electron chi connectivity index (χ3n) is 4.28. The second-order valence-electron chi connectivity index (χ2n) is 6.25. The molecule has 3 heterocycles. The molecule has 1 saturated heterocycles. The predicted molar refractivity (Wildman–Crippen MR) is 102 cm³/mol. The zero-order valence-corrected chi connectivity index (χ0v) is 15.1. The highest BCUT2D eigenvalue weighted by atomic mass is 32.1. The standard InChI is InChI=1S/C19H19N5OS/c25-18(16-13-26-19(23-16)17-20-7-4-8-21-17)22-15-6-3-5-14(11-15)12-24-9-1-2-10-24/h3-8,11,13H,1-2,9-10,12H2,(H,22,25). The molecular formula is C19H19N5OS. The fraction of sp³-hybridized carbons (Fsp3) is 0.263. The molecule has 0 unspecified atom stereocenters. The average Bonchev–Trinajstić information content (AvgIpc) is 3.35. The third kappa shape index (κ3) is 3.95. The van der Waals surface area contributed by atoms with E-state index >= 15 is 0 Å². The van der Waals surface area contributed by atoms with Gasteiger partial charge in [0.15, 0.2) is 10.8 Å². The van der Waals surface area contributed by atoms with Crippen molar-refractivity contribution in [3.05, 3.63) is 59.4 Å². The Morgan fingerprint density at radius 1 is 1.15 bits per heavy atom. The van der Waals surface area contributed by atoms with E-state index in [2.05, 4.69) is 31.2 Å². The van der Waals surface area contributed by atoms with E-state index < -0.39 is 0 Å². The number of anilines is 1. The summed E-state index contributed by atoms with van der Waals surface area (Å²) in [5, 5.41) is 5.30. The molecule has 1 aliphatic heterocycles. The van der Waals surface area contributed by atoms with Crippen LogP contribution in [-0.4, -0.2) is 38.8 Å². The van der Waals surface area contributed by atoms with Crippen LogP contribution in [0.5, 0.6) is 0 Å². The van der Waals surface area contributed by atoms with Gasteiger partial charge in [0.05, 0.1) is 0 Å². The second kappa shape index (κ2) is 7.72. The molecule has 7 heteroatoms. The largest absolute Gasteiger partial charge is 0.321 e. The van der Waals surface area contributed by atoms with Crippen molar-refractivity contribution in [2.24, 2.45) is 0 Å². The molecule has 4 rings (SSSR count). The summed E-state index contributed by atoms with van der Waals surface area (Å²) < 4.78 is 0. The van der Waals surface area contributed by atoms with Gasteiger partial charge in [-0.2, -0.15) is 0 Å². The topological polar surface area (TPSA) is 71.0 Å².